The van der Waals surface area contributed by atoms with Crippen molar-refractivity contribution in [1.82, 2.24) is 10.6 Å². The summed E-state index contributed by atoms with van der Waals surface area (Å²) in [4.78, 5) is 23.4. The third-order valence-electron chi connectivity index (χ3n) is 3.46. The van der Waals surface area contributed by atoms with Gasteiger partial charge in [-0.2, -0.15) is 0 Å². The van der Waals surface area contributed by atoms with Gasteiger partial charge in [-0.25, -0.2) is 4.79 Å². The molecule has 0 spiro atoms. The van der Waals surface area contributed by atoms with Gasteiger partial charge in [0.1, 0.15) is 5.75 Å². The molecule has 6 nitrogen and oxygen atoms in total. The van der Waals surface area contributed by atoms with Crippen LogP contribution in [0.5, 0.6) is 11.5 Å². The molecule has 3 amide bonds. The zero-order chi connectivity index (χ0) is 16.8. The summed E-state index contributed by atoms with van der Waals surface area (Å²) in [6.45, 7) is -0.0206. The number of rotatable bonds is 6. The number of imide groups is 1. The minimum Gasteiger partial charge on any atom is -0.455 e. The van der Waals surface area contributed by atoms with Crippen LogP contribution in [0.4, 0.5) is 10.5 Å². The highest BCUT2D eigenvalue weighted by molar-refractivity contribution is 5.96. The molecule has 24 heavy (non-hydrogen) atoms. The Kier molecular flexibility index (Phi) is 4.96. The van der Waals surface area contributed by atoms with E-state index in [2.05, 4.69) is 16.0 Å². The van der Waals surface area contributed by atoms with Gasteiger partial charge in [0.05, 0.1) is 12.2 Å². The first-order valence-electron chi connectivity index (χ1n) is 7.87. The zero-order valence-corrected chi connectivity index (χ0v) is 13.1. The molecule has 0 aromatic heterocycles. The van der Waals surface area contributed by atoms with Gasteiger partial charge >= 0.3 is 6.03 Å². The molecule has 3 N–H and O–H groups in total. The van der Waals surface area contributed by atoms with Crippen molar-refractivity contribution < 1.29 is 14.3 Å². The number of urea groups is 1. The van der Waals surface area contributed by atoms with E-state index in [1.807, 2.05) is 54.6 Å². The zero-order valence-electron chi connectivity index (χ0n) is 13.1. The van der Waals surface area contributed by atoms with E-state index in [0.717, 1.165) is 12.8 Å². The largest absolute Gasteiger partial charge is 0.455 e. The van der Waals surface area contributed by atoms with Crippen LogP contribution in [0.2, 0.25) is 0 Å². The molecule has 0 radical (unpaired) electrons. The van der Waals surface area contributed by atoms with Gasteiger partial charge in [-0.1, -0.05) is 30.3 Å². The molecule has 0 heterocycles. The number of anilines is 1. The first kappa shape index (κ1) is 15.9. The van der Waals surface area contributed by atoms with Crippen molar-refractivity contribution in [2.45, 2.75) is 18.9 Å². The van der Waals surface area contributed by atoms with Gasteiger partial charge in [-0.15, -0.1) is 0 Å². The molecule has 2 aromatic carbocycles. The van der Waals surface area contributed by atoms with E-state index in [4.69, 9.17) is 4.74 Å². The van der Waals surface area contributed by atoms with Crippen LogP contribution in [-0.4, -0.2) is 24.5 Å². The molecule has 3 rings (SSSR count). The van der Waals surface area contributed by atoms with Crippen molar-refractivity contribution in [3.8, 4) is 11.5 Å². The van der Waals surface area contributed by atoms with E-state index in [1.54, 1.807) is 0 Å². The van der Waals surface area contributed by atoms with Crippen LogP contribution >= 0.6 is 0 Å². The fourth-order valence-corrected chi connectivity index (χ4v) is 2.11. The van der Waals surface area contributed by atoms with Crippen LogP contribution in [0.25, 0.3) is 0 Å². The second-order valence-electron chi connectivity index (χ2n) is 5.56. The minimum atomic E-state index is -0.446. The van der Waals surface area contributed by atoms with Crippen molar-refractivity contribution in [3.63, 3.8) is 0 Å². The minimum absolute atomic E-state index is 0.0206. The number of carbonyl (C=O) groups excluding carboxylic acids is 2. The average Bonchev–Trinajstić information content (AvgIpc) is 3.39. The smallest absolute Gasteiger partial charge is 0.321 e. The predicted molar refractivity (Wildman–Crippen MR) is 91.1 cm³/mol. The quantitative estimate of drug-likeness (QED) is 0.763. The lowest BCUT2D eigenvalue weighted by atomic mass is 10.3. The Morgan fingerprint density at radius 2 is 1.71 bits per heavy atom. The van der Waals surface area contributed by atoms with Crippen LogP contribution in [-0.2, 0) is 4.79 Å². The van der Waals surface area contributed by atoms with Crippen molar-refractivity contribution in [1.29, 1.82) is 0 Å². The van der Waals surface area contributed by atoms with Crippen molar-refractivity contribution in [2.24, 2.45) is 0 Å². The molecule has 0 aliphatic heterocycles. The number of ether oxygens (including phenoxy) is 1. The highest BCUT2D eigenvalue weighted by Crippen LogP contribution is 2.28. The second-order valence-corrected chi connectivity index (χ2v) is 5.56. The summed E-state index contributed by atoms with van der Waals surface area (Å²) in [6, 6.07) is 16.5. The SMILES string of the molecule is O=C(CNc1ccccc1Oc1ccccc1)NC(=O)NC1CC1. The molecular weight excluding hydrogens is 306 g/mol. The van der Waals surface area contributed by atoms with E-state index < -0.39 is 11.9 Å². The maximum atomic E-state index is 11.8. The van der Waals surface area contributed by atoms with Gasteiger partial charge in [-0.3, -0.25) is 10.1 Å². The van der Waals surface area contributed by atoms with Crippen molar-refractivity contribution in [3.05, 3.63) is 54.6 Å². The lowest BCUT2D eigenvalue weighted by Gasteiger charge is -2.13. The first-order valence-corrected chi connectivity index (χ1v) is 7.87. The van der Waals surface area contributed by atoms with Crippen LogP contribution in [0, 0.1) is 0 Å². The van der Waals surface area contributed by atoms with E-state index in [0.29, 0.717) is 17.2 Å². The number of benzene rings is 2. The third kappa shape index (κ3) is 4.74. The third-order valence-corrected chi connectivity index (χ3v) is 3.46. The maximum absolute atomic E-state index is 11.8. The second kappa shape index (κ2) is 7.50. The van der Waals surface area contributed by atoms with E-state index >= 15 is 0 Å². The standard InChI is InChI=1S/C18H19N3O3/c22-17(21-18(23)20-13-10-11-13)12-19-15-8-4-5-9-16(15)24-14-6-2-1-3-7-14/h1-9,13,19H,10-12H2,(H2,20,21,22,23). The number of para-hydroxylation sites is 3. The maximum Gasteiger partial charge on any atom is 0.321 e. The van der Waals surface area contributed by atoms with Crippen molar-refractivity contribution >= 4 is 17.6 Å². The molecule has 1 aliphatic rings. The summed E-state index contributed by atoms with van der Waals surface area (Å²) in [6.07, 6.45) is 1.95. The molecule has 6 heteroatoms. The number of amides is 3. The molecule has 0 saturated heterocycles. The molecule has 1 aliphatic carbocycles. The van der Waals surface area contributed by atoms with Gasteiger partial charge in [0.2, 0.25) is 5.91 Å². The van der Waals surface area contributed by atoms with E-state index in [9.17, 15) is 9.59 Å². The van der Waals surface area contributed by atoms with Crippen LogP contribution < -0.4 is 20.7 Å². The highest BCUT2D eigenvalue weighted by Gasteiger charge is 2.23. The molecule has 0 bridgehead atoms. The normalized spacial score (nSPS) is 13.0. The fraction of sp³-hybridized carbons (Fsp3) is 0.222. The Labute approximate surface area is 140 Å². The Morgan fingerprint density at radius 1 is 1.00 bits per heavy atom. The summed E-state index contributed by atoms with van der Waals surface area (Å²) in [5, 5.41) is 7.99. The molecule has 1 fully saturated rings. The van der Waals surface area contributed by atoms with Crippen molar-refractivity contribution in [2.75, 3.05) is 11.9 Å². The summed E-state index contributed by atoms with van der Waals surface area (Å²) in [5.41, 5.74) is 0.680. The predicted octanol–water partition coefficient (Wildman–Crippen LogP) is 2.88. The average molecular weight is 325 g/mol. The number of hydrogen-bond donors (Lipinski definition) is 3. The van der Waals surface area contributed by atoms with Gasteiger partial charge in [-0.05, 0) is 37.1 Å². The number of hydrogen-bond acceptors (Lipinski definition) is 4. The molecular formula is C18H19N3O3. The Balaban J connectivity index is 1.54. The van der Waals surface area contributed by atoms with Gasteiger partial charge < -0.3 is 15.4 Å². The Morgan fingerprint density at radius 3 is 2.46 bits per heavy atom. The number of nitrogens with one attached hydrogen (secondary N) is 3. The molecule has 124 valence electrons. The van der Waals surface area contributed by atoms with Gasteiger partial charge in [0.15, 0.2) is 5.75 Å². The van der Waals surface area contributed by atoms with Crippen LogP contribution in [0.1, 0.15) is 12.8 Å². The summed E-state index contributed by atoms with van der Waals surface area (Å²) in [7, 11) is 0. The summed E-state index contributed by atoms with van der Waals surface area (Å²) >= 11 is 0. The summed E-state index contributed by atoms with van der Waals surface area (Å²) < 4.78 is 5.81. The van der Waals surface area contributed by atoms with Crippen LogP contribution in [0.15, 0.2) is 54.6 Å². The molecule has 1 saturated carbocycles. The topological polar surface area (TPSA) is 79.5 Å². The number of carbonyl (C=O) groups is 2. The van der Waals surface area contributed by atoms with E-state index in [-0.39, 0.29) is 12.6 Å². The monoisotopic (exact) mass is 325 g/mol. The van der Waals surface area contributed by atoms with Gasteiger partial charge in [0.25, 0.3) is 0 Å². The Hall–Kier alpha value is -3.02. The molecule has 0 unspecified atom stereocenters. The summed E-state index contributed by atoms with van der Waals surface area (Å²) in [5.74, 6) is 0.918. The lowest BCUT2D eigenvalue weighted by Crippen LogP contribution is -2.42. The van der Waals surface area contributed by atoms with E-state index in [1.165, 1.54) is 0 Å². The lowest BCUT2D eigenvalue weighted by molar-refractivity contribution is -0.118. The first-order chi connectivity index (χ1) is 11.7. The molecule has 2 aromatic rings. The fourth-order valence-electron chi connectivity index (χ4n) is 2.11. The highest BCUT2D eigenvalue weighted by atomic mass is 16.5. The van der Waals surface area contributed by atoms with Crippen LogP contribution in [0.3, 0.4) is 0 Å². The van der Waals surface area contributed by atoms with Gasteiger partial charge in [0, 0.05) is 6.04 Å². The Bertz CT molecular complexity index is 714. The molecule has 0 atom stereocenters.